The molecule has 3 heteroatoms. The Labute approximate surface area is 99.2 Å². The van der Waals surface area contributed by atoms with Crippen LogP contribution in [0.3, 0.4) is 0 Å². The number of esters is 1. The molecule has 0 aliphatic rings. The van der Waals surface area contributed by atoms with E-state index in [9.17, 15) is 9.90 Å². The van der Waals surface area contributed by atoms with Gasteiger partial charge in [0.15, 0.2) is 0 Å². The molecule has 0 unspecified atom stereocenters. The Balaban J connectivity index is 3.69. The van der Waals surface area contributed by atoms with Gasteiger partial charge in [0.25, 0.3) is 0 Å². The van der Waals surface area contributed by atoms with Gasteiger partial charge in [-0.1, -0.05) is 26.2 Å². The Morgan fingerprint density at radius 3 is 2.31 bits per heavy atom. The van der Waals surface area contributed by atoms with Crippen molar-refractivity contribution >= 4 is 5.97 Å². The summed E-state index contributed by atoms with van der Waals surface area (Å²) >= 11 is 0. The molecule has 0 aromatic carbocycles. The van der Waals surface area contributed by atoms with Crippen molar-refractivity contribution in [1.29, 1.82) is 0 Å². The third kappa shape index (κ3) is 6.83. The maximum absolute atomic E-state index is 11.5. The zero-order valence-corrected chi connectivity index (χ0v) is 11.0. The Hall–Kier alpha value is -0.570. The lowest BCUT2D eigenvalue weighted by molar-refractivity contribution is -0.156. The molecule has 16 heavy (non-hydrogen) atoms. The van der Waals surface area contributed by atoms with E-state index >= 15 is 0 Å². The summed E-state index contributed by atoms with van der Waals surface area (Å²) in [7, 11) is 0. The molecular formula is C13H26O3. The van der Waals surface area contributed by atoms with E-state index in [2.05, 4.69) is 6.92 Å². The van der Waals surface area contributed by atoms with Crippen LogP contribution in [0.15, 0.2) is 0 Å². The van der Waals surface area contributed by atoms with E-state index in [1.54, 1.807) is 13.8 Å². The van der Waals surface area contributed by atoms with Crippen molar-refractivity contribution in [2.24, 2.45) is 5.92 Å². The van der Waals surface area contributed by atoms with Crippen LogP contribution in [0.1, 0.15) is 59.8 Å². The zero-order valence-electron chi connectivity index (χ0n) is 11.0. The summed E-state index contributed by atoms with van der Waals surface area (Å²) in [5.41, 5.74) is 0. The minimum atomic E-state index is -0.639. The summed E-state index contributed by atoms with van der Waals surface area (Å²) in [5.74, 6) is -0.726. The van der Waals surface area contributed by atoms with Gasteiger partial charge in [0.05, 0.1) is 18.1 Å². The summed E-state index contributed by atoms with van der Waals surface area (Å²) in [6, 6.07) is 0. The van der Waals surface area contributed by atoms with Crippen LogP contribution >= 0.6 is 0 Å². The molecular weight excluding hydrogens is 204 g/mol. The minimum Gasteiger partial charge on any atom is -0.462 e. The highest BCUT2D eigenvalue weighted by Gasteiger charge is 2.21. The number of hydrogen-bond donors (Lipinski definition) is 1. The van der Waals surface area contributed by atoms with Crippen LogP contribution in [-0.2, 0) is 9.53 Å². The molecule has 96 valence electrons. The van der Waals surface area contributed by atoms with E-state index in [1.807, 2.05) is 6.92 Å². The SMILES string of the molecule is CCCCCC[C@@H](C)OC(=O)[C@H](C)[C@H](C)O. The maximum atomic E-state index is 11.5. The van der Waals surface area contributed by atoms with Crippen LogP contribution in [0.5, 0.6) is 0 Å². The van der Waals surface area contributed by atoms with Crippen LogP contribution in [0.2, 0.25) is 0 Å². The molecule has 0 radical (unpaired) electrons. The first-order valence-electron chi connectivity index (χ1n) is 6.37. The highest BCUT2D eigenvalue weighted by molar-refractivity contribution is 5.72. The third-order valence-corrected chi connectivity index (χ3v) is 2.88. The van der Waals surface area contributed by atoms with E-state index in [-0.39, 0.29) is 12.1 Å². The number of ether oxygens (including phenoxy) is 1. The van der Waals surface area contributed by atoms with Gasteiger partial charge in [-0.2, -0.15) is 0 Å². The van der Waals surface area contributed by atoms with Crippen molar-refractivity contribution in [3.8, 4) is 0 Å². The van der Waals surface area contributed by atoms with Crippen LogP contribution in [-0.4, -0.2) is 23.3 Å². The molecule has 3 atom stereocenters. The fourth-order valence-corrected chi connectivity index (χ4v) is 1.42. The standard InChI is InChI=1S/C13H26O3/c1-5-6-7-8-9-10(2)16-13(15)11(3)12(4)14/h10-12,14H,5-9H2,1-4H3/t10-,11-,12+/m1/s1. The number of unbranched alkanes of at least 4 members (excludes halogenated alkanes) is 3. The molecule has 0 bridgehead atoms. The highest BCUT2D eigenvalue weighted by Crippen LogP contribution is 2.11. The predicted molar refractivity (Wildman–Crippen MR) is 65.2 cm³/mol. The molecule has 1 N–H and O–H groups in total. The smallest absolute Gasteiger partial charge is 0.311 e. The van der Waals surface area contributed by atoms with Gasteiger partial charge >= 0.3 is 5.97 Å². The first-order valence-corrected chi connectivity index (χ1v) is 6.37. The van der Waals surface area contributed by atoms with E-state index in [0.717, 1.165) is 12.8 Å². The summed E-state index contributed by atoms with van der Waals surface area (Å²) in [5, 5.41) is 9.25. The average Bonchev–Trinajstić information content (AvgIpc) is 2.23. The number of aliphatic hydroxyl groups excluding tert-OH is 1. The monoisotopic (exact) mass is 230 g/mol. The molecule has 0 fully saturated rings. The number of aliphatic hydroxyl groups is 1. The third-order valence-electron chi connectivity index (χ3n) is 2.88. The molecule has 0 aliphatic carbocycles. The van der Waals surface area contributed by atoms with E-state index < -0.39 is 12.0 Å². The quantitative estimate of drug-likeness (QED) is 0.515. The Kier molecular flexibility index (Phi) is 8.26. The van der Waals surface area contributed by atoms with Crippen molar-refractivity contribution in [3.05, 3.63) is 0 Å². The van der Waals surface area contributed by atoms with Gasteiger partial charge in [0.1, 0.15) is 0 Å². The fraction of sp³-hybridized carbons (Fsp3) is 0.923. The first-order chi connectivity index (χ1) is 7.49. The molecule has 0 heterocycles. The molecule has 0 aromatic heterocycles. The first kappa shape index (κ1) is 15.4. The van der Waals surface area contributed by atoms with Crippen LogP contribution in [0.25, 0.3) is 0 Å². The second kappa shape index (κ2) is 8.57. The van der Waals surface area contributed by atoms with E-state index in [1.165, 1.54) is 19.3 Å². The highest BCUT2D eigenvalue weighted by atomic mass is 16.5. The van der Waals surface area contributed by atoms with Crippen LogP contribution < -0.4 is 0 Å². The molecule has 0 aliphatic heterocycles. The fourth-order valence-electron chi connectivity index (χ4n) is 1.42. The summed E-state index contributed by atoms with van der Waals surface area (Å²) in [6.07, 6.45) is 5.00. The predicted octanol–water partition coefficient (Wildman–Crippen LogP) is 2.91. The Morgan fingerprint density at radius 1 is 1.19 bits per heavy atom. The van der Waals surface area contributed by atoms with Crippen LogP contribution in [0.4, 0.5) is 0 Å². The molecule has 0 spiro atoms. The summed E-state index contributed by atoms with van der Waals surface area (Å²) < 4.78 is 5.25. The van der Waals surface area contributed by atoms with Gasteiger partial charge in [-0.15, -0.1) is 0 Å². The zero-order chi connectivity index (χ0) is 12.6. The van der Waals surface area contributed by atoms with Gasteiger partial charge in [0, 0.05) is 0 Å². The van der Waals surface area contributed by atoms with Gasteiger partial charge in [-0.3, -0.25) is 4.79 Å². The topological polar surface area (TPSA) is 46.5 Å². The van der Waals surface area contributed by atoms with Gasteiger partial charge in [-0.05, 0) is 33.6 Å². The number of carbonyl (C=O) groups is 1. The van der Waals surface area contributed by atoms with E-state index in [0.29, 0.717) is 0 Å². The lowest BCUT2D eigenvalue weighted by atomic mass is 10.1. The largest absolute Gasteiger partial charge is 0.462 e. The molecule has 0 aromatic rings. The number of rotatable bonds is 8. The normalized spacial score (nSPS) is 16.6. The number of hydrogen-bond acceptors (Lipinski definition) is 3. The van der Waals surface area contributed by atoms with Crippen molar-refractivity contribution in [2.75, 3.05) is 0 Å². The van der Waals surface area contributed by atoms with Crippen molar-refractivity contribution in [1.82, 2.24) is 0 Å². The van der Waals surface area contributed by atoms with Crippen LogP contribution in [0, 0.1) is 5.92 Å². The second-order valence-corrected chi connectivity index (χ2v) is 4.63. The van der Waals surface area contributed by atoms with Crippen molar-refractivity contribution < 1.29 is 14.6 Å². The lowest BCUT2D eigenvalue weighted by Gasteiger charge is -2.18. The molecule has 0 rings (SSSR count). The van der Waals surface area contributed by atoms with E-state index in [4.69, 9.17) is 4.74 Å². The maximum Gasteiger partial charge on any atom is 0.311 e. The number of carbonyl (C=O) groups excluding carboxylic acids is 1. The Bertz CT molecular complexity index is 190. The van der Waals surface area contributed by atoms with Gasteiger partial charge < -0.3 is 9.84 Å². The Morgan fingerprint density at radius 2 is 1.81 bits per heavy atom. The van der Waals surface area contributed by atoms with Gasteiger partial charge in [-0.25, -0.2) is 0 Å². The van der Waals surface area contributed by atoms with Gasteiger partial charge in [0.2, 0.25) is 0 Å². The van der Waals surface area contributed by atoms with Crippen molar-refractivity contribution in [3.63, 3.8) is 0 Å². The minimum absolute atomic E-state index is 0.0365. The molecule has 0 amide bonds. The second-order valence-electron chi connectivity index (χ2n) is 4.63. The van der Waals surface area contributed by atoms with Crippen molar-refractivity contribution in [2.45, 2.75) is 72.0 Å². The molecule has 3 nitrogen and oxygen atoms in total. The molecule has 0 saturated heterocycles. The lowest BCUT2D eigenvalue weighted by Crippen LogP contribution is -2.27. The summed E-state index contributed by atoms with van der Waals surface area (Å²) in [4.78, 5) is 11.5. The average molecular weight is 230 g/mol. The summed E-state index contributed by atoms with van der Waals surface area (Å²) in [6.45, 7) is 7.39. The molecule has 0 saturated carbocycles.